The molecule has 1 saturated carbocycles. The Morgan fingerprint density at radius 2 is 2.19 bits per heavy atom. The van der Waals surface area contributed by atoms with E-state index < -0.39 is 12.8 Å². The van der Waals surface area contributed by atoms with Crippen molar-refractivity contribution in [2.24, 2.45) is 10.9 Å². The van der Waals surface area contributed by atoms with Crippen LogP contribution in [0.5, 0.6) is 5.88 Å². The molecule has 1 heterocycles. The Morgan fingerprint density at radius 3 is 2.85 bits per heavy atom. The largest absolute Gasteiger partial charge is 0.468 e. The van der Waals surface area contributed by atoms with Crippen LogP contribution in [0.3, 0.4) is 0 Å². The van der Waals surface area contributed by atoms with E-state index in [0.717, 1.165) is 12.5 Å². The molecule has 1 aliphatic rings. The average Bonchev–Trinajstić information content (AvgIpc) is 3.42. The number of alkyl halides is 3. The summed E-state index contributed by atoms with van der Waals surface area (Å²) in [5.74, 6) is 1.30. The Labute approximate surface area is 151 Å². The van der Waals surface area contributed by atoms with Gasteiger partial charge in [-0.15, -0.1) is 0 Å². The molecule has 1 N–H and O–H groups in total. The number of aliphatic imine (C=N–C) groups is 1. The molecule has 0 radical (unpaired) electrons. The van der Waals surface area contributed by atoms with Crippen molar-refractivity contribution in [2.75, 3.05) is 40.5 Å². The van der Waals surface area contributed by atoms with Gasteiger partial charge >= 0.3 is 6.18 Å². The first-order chi connectivity index (χ1) is 12.4. The second-order valence-electron chi connectivity index (χ2n) is 6.21. The summed E-state index contributed by atoms with van der Waals surface area (Å²) in [7, 11) is 3.52. The number of nitrogens with one attached hydrogen (secondary N) is 1. The summed E-state index contributed by atoms with van der Waals surface area (Å²) in [5.41, 5.74) is 0.524. The number of likely N-dealkylation sites (N-methyl/N-ethyl adjacent to an activating group) is 1. The Balaban J connectivity index is 1.81. The molecule has 0 unspecified atom stereocenters. The summed E-state index contributed by atoms with van der Waals surface area (Å²) in [6, 6.07) is 3.31. The van der Waals surface area contributed by atoms with Gasteiger partial charge in [0.2, 0.25) is 5.88 Å². The summed E-state index contributed by atoms with van der Waals surface area (Å²) in [6.07, 6.45) is -0.502. The Hall–Kier alpha value is -2.03. The van der Waals surface area contributed by atoms with Gasteiger partial charge in [-0.1, -0.05) is 6.07 Å². The van der Waals surface area contributed by atoms with Crippen LogP contribution in [-0.2, 0) is 11.3 Å². The molecule has 1 fully saturated rings. The second-order valence-corrected chi connectivity index (χ2v) is 6.21. The molecule has 0 spiro atoms. The lowest BCUT2D eigenvalue weighted by molar-refractivity contribution is -0.154. The first-order valence-corrected chi connectivity index (χ1v) is 8.52. The van der Waals surface area contributed by atoms with E-state index in [-0.39, 0.29) is 12.4 Å². The van der Waals surface area contributed by atoms with Crippen molar-refractivity contribution in [1.82, 2.24) is 15.2 Å². The minimum Gasteiger partial charge on any atom is -0.468 e. The monoisotopic (exact) mass is 374 g/mol. The standard InChI is InChI=1S/C17H25F3N4O2/c1-21-16(24(2)8-9-25-11-13-5-6-13)23-10-14-4-3-7-22-15(14)26-12-17(18,19)20/h3-4,7,13H,5-6,8-12H2,1-2H3,(H,21,23). The molecule has 1 aromatic heterocycles. The maximum atomic E-state index is 12.3. The number of aromatic nitrogens is 1. The van der Waals surface area contributed by atoms with Crippen LogP contribution < -0.4 is 10.1 Å². The molecule has 0 amide bonds. The molecule has 0 bridgehead atoms. The quantitative estimate of drug-likeness (QED) is 0.409. The van der Waals surface area contributed by atoms with Crippen molar-refractivity contribution in [1.29, 1.82) is 0 Å². The van der Waals surface area contributed by atoms with E-state index >= 15 is 0 Å². The summed E-state index contributed by atoms with van der Waals surface area (Å²) >= 11 is 0. The van der Waals surface area contributed by atoms with Gasteiger partial charge < -0.3 is 19.7 Å². The number of hydrogen-bond acceptors (Lipinski definition) is 4. The molecular formula is C17H25F3N4O2. The molecule has 0 atom stereocenters. The van der Waals surface area contributed by atoms with Crippen molar-refractivity contribution in [2.45, 2.75) is 25.6 Å². The van der Waals surface area contributed by atoms with Crippen molar-refractivity contribution in [3.8, 4) is 5.88 Å². The summed E-state index contributed by atoms with van der Waals surface area (Å²) in [6.45, 7) is 0.942. The SMILES string of the molecule is CN=C(NCc1cccnc1OCC(F)(F)F)N(C)CCOCC1CC1. The summed E-state index contributed by atoms with van der Waals surface area (Å²) in [4.78, 5) is 9.96. The van der Waals surface area contributed by atoms with Crippen LogP contribution in [0.15, 0.2) is 23.3 Å². The molecule has 146 valence electrons. The van der Waals surface area contributed by atoms with Crippen LogP contribution in [0.25, 0.3) is 0 Å². The van der Waals surface area contributed by atoms with Gasteiger partial charge in [-0.25, -0.2) is 4.98 Å². The molecule has 0 aliphatic heterocycles. The number of hydrogen-bond donors (Lipinski definition) is 1. The number of pyridine rings is 1. The lowest BCUT2D eigenvalue weighted by Gasteiger charge is -2.22. The highest BCUT2D eigenvalue weighted by molar-refractivity contribution is 5.79. The first-order valence-electron chi connectivity index (χ1n) is 8.52. The van der Waals surface area contributed by atoms with Gasteiger partial charge in [-0.2, -0.15) is 13.2 Å². The smallest absolute Gasteiger partial charge is 0.422 e. The van der Waals surface area contributed by atoms with E-state index in [1.807, 2.05) is 11.9 Å². The topological polar surface area (TPSA) is 59.0 Å². The molecule has 1 aliphatic carbocycles. The zero-order chi connectivity index (χ0) is 19.0. The van der Waals surface area contributed by atoms with E-state index in [1.165, 1.54) is 19.0 Å². The molecule has 1 aromatic rings. The normalized spacial score (nSPS) is 15.0. The zero-order valence-corrected chi connectivity index (χ0v) is 15.1. The maximum Gasteiger partial charge on any atom is 0.422 e. The van der Waals surface area contributed by atoms with E-state index in [1.54, 1.807) is 19.2 Å². The fraction of sp³-hybridized carbons (Fsp3) is 0.647. The van der Waals surface area contributed by atoms with Crippen molar-refractivity contribution < 1.29 is 22.6 Å². The van der Waals surface area contributed by atoms with Gasteiger partial charge in [0, 0.05) is 45.6 Å². The highest BCUT2D eigenvalue weighted by Gasteiger charge is 2.29. The van der Waals surface area contributed by atoms with Crippen molar-refractivity contribution in [3.63, 3.8) is 0 Å². The first kappa shape index (κ1) is 20.3. The summed E-state index contributed by atoms with van der Waals surface area (Å²) < 4.78 is 47.4. The van der Waals surface area contributed by atoms with E-state index in [0.29, 0.717) is 24.7 Å². The number of nitrogens with zero attached hydrogens (tertiary/aromatic N) is 3. The third-order valence-corrected chi connectivity index (χ3v) is 3.85. The fourth-order valence-corrected chi connectivity index (χ4v) is 2.24. The number of guanidine groups is 1. The van der Waals surface area contributed by atoms with Gasteiger partial charge in [0.25, 0.3) is 0 Å². The van der Waals surface area contributed by atoms with Gasteiger partial charge in [-0.05, 0) is 24.8 Å². The van der Waals surface area contributed by atoms with Gasteiger partial charge in [0.05, 0.1) is 6.61 Å². The molecule has 2 rings (SSSR count). The number of ether oxygens (including phenoxy) is 2. The Kier molecular flexibility index (Phi) is 7.50. The zero-order valence-electron chi connectivity index (χ0n) is 15.1. The molecular weight excluding hydrogens is 349 g/mol. The third kappa shape index (κ3) is 7.47. The molecule has 9 heteroatoms. The highest BCUT2D eigenvalue weighted by Crippen LogP contribution is 2.28. The van der Waals surface area contributed by atoms with Crippen LogP contribution in [-0.4, -0.2) is 62.5 Å². The summed E-state index contributed by atoms with van der Waals surface area (Å²) in [5, 5.41) is 3.10. The lowest BCUT2D eigenvalue weighted by Crippen LogP contribution is -2.40. The van der Waals surface area contributed by atoms with Gasteiger partial charge in [0.1, 0.15) is 0 Å². The van der Waals surface area contributed by atoms with Crippen LogP contribution in [0.2, 0.25) is 0 Å². The molecule has 0 aromatic carbocycles. The predicted molar refractivity (Wildman–Crippen MR) is 92.2 cm³/mol. The lowest BCUT2D eigenvalue weighted by atomic mass is 10.2. The number of rotatable bonds is 9. The van der Waals surface area contributed by atoms with Crippen molar-refractivity contribution in [3.05, 3.63) is 23.9 Å². The van der Waals surface area contributed by atoms with E-state index in [4.69, 9.17) is 9.47 Å². The molecule has 0 saturated heterocycles. The van der Waals surface area contributed by atoms with Crippen molar-refractivity contribution >= 4 is 5.96 Å². The van der Waals surface area contributed by atoms with Crippen LogP contribution in [0, 0.1) is 5.92 Å². The highest BCUT2D eigenvalue weighted by atomic mass is 19.4. The Bertz CT molecular complexity index is 592. The van der Waals surface area contributed by atoms with E-state index in [9.17, 15) is 13.2 Å². The Morgan fingerprint density at radius 1 is 1.42 bits per heavy atom. The van der Waals surface area contributed by atoms with Gasteiger partial charge in [-0.3, -0.25) is 4.99 Å². The predicted octanol–water partition coefficient (Wildman–Crippen LogP) is 2.46. The van der Waals surface area contributed by atoms with Crippen LogP contribution in [0.4, 0.5) is 13.2 Å². The number of halogens is 3. The average molecular weight is 374 g/mol. The van der Waals surface area contributed by atoms with E-state index in [2.05, 4.69) is 15.3 Å². The minimum atomic E-state index is -4.40. The molecule has 6 nitrogen and oxygen atoms in total. The second kappa shape index (κ2) is 9.61. The minimum absolute atomic E-state index is 0.0387. The van der Waals surface area contributed by atoms with Gasteiger partial charge in [0.15, 0.2) is 12.6 Å². The maximum absolute atomic E-state index is 12.3. The molecule has 26 heavy (non-hydrogen) atoms. The van der Waals surface area contributed by atoms with Crippen LogP contribution >= 0.6 is 0 Å². The third-order valence-electron chi connectivity index (χ3n) is 3.85. The fourth-order valence-electron chi connectivity index (χ4n) is 2.24. The van der Waals surface area contributed by atoms with Crippen LogP contribution in [0.1, 0.15) is 18.4 Å².